The van der Waals surface area contributed by atoms with Crippen molar-refractivity contribution in [3.05, 3.63) is 18.0 Å². The third-order valence-corrected chi connectivity index (χ3v) is 3.49. The van der Waals surface area contributed by atoms with Gasteiger partial charge in [0, 0.05) is 18.8 Å². The van der Waals surface area contributed by atoms with E-state index < -0.39 is 0 Å². The Morgan fingerprint density at radius 2 is 2.21 bits per heavy atom. The topological polar surface area (TPSA) is 15.7 Å². The molecule has 0 amide bonds. The molecule has 0 N–H and O–H groups in total. The van der Waals surface area contributed by atoms with Gasteiger partial charge < -0.3 is 9.64 Å². The summed E-state index contributed by atoms with van der Waals surface area (Å²) in [5.41, 5.74) is 1.38. The first-order valence-corrected chi connectivity index (χ1v) is 6.10. The molecule has 1 fully saturated rings. The molecule has 2 heterocycles. The van der Waals surface area contributed by atoms with Gasteiger partial charge in [-0.3, -0.25) is 4.90 Å². The molecule has 0 aromatic heterocycles. The van der Waals surface area contributed by atoms with E-state index in [-0.39, 0.29) is 0 Å². The Hall–Kier alpha value is -0.190. The number of thioether (sulfide) groups is 1. The van der Waals surface area contributed by atoms with Crippen LogP contribution in [0.3, 0.4) is 0 Å². The molecule has 0 aromatic rings. The number of morpholine rings is 1. The van der Waals surface area contributed by atoms with E-state index in [4.69, 9.17) is 4.74 Å². The second-order valence-electron chi connectivity index (χ2n) is 3.57. The summed E-state index contributed by atoms with van der Waals surface area (Å²) in [5.74, 6) is 1.09. The van der Waals surface area contributed by atoms with Crippen LogP contribution in [0.15, 0.2) is 11.1 Å². The largest absolute Gasteiger partial charge is 0.379 e. The second-order valence-corrected chi connectivity index (χ2v) is 4.39. The lowest BCUT2D eigenvalue weighted by Crippen LogP contribution is -2.42. The third kappa shape index (κ3) is 2.43. The molecule has 0 saturated carbocycles. The van der Waals surface area contributed by atoms with Crippen LogP contribution in [0.4, 0.5) is 0 Å². The first-order valence-electron chi connectivity index (χ1n) is 5.05. The maximum Gasteiger partial charge on any atom is 0.0714 e. The summed E-state index contributed by atoms with van der Waals surface area (Å²) in [4.78, 5) is 4.85. The fraction of sp³-hybridized carbons (Fsp3) is 0.700. The predicted octanol–water partition coefficient (Wildman–Crippen LogP) is 1.35. The molecular formula is C10H17N2OS. The number of nitrogens with zero attached hydrogens (tertiary/aromatic N) is 2. The van der Waals surface area contributed by atoms with Crippen LogP contribution >= 0.6 is 11.8 Å². The van der Waals surface area contributed by atoms with Gasteiger partial charge in [-0.25, -0.2) is 0 Å². The van der Waals surface area contributed by atoms with E-state index in [1.807, 2.05) is 11.8 Å². The lowest BCUT2D eigenvalue weighted by molar-refractivity contribution is 0.0192. The Morgan fingerprint density at radius 3 is 2.93 bits per heavy atom. The van der Waals surface area contributed by atoms with E-state index in [0.29, 0.717) is 0 Å². The number of hydrogen-bond acceptors (Lipinski definition) is 4. The third-order valence-electron chi connectivity index (χ3n) is 2.59. The van der Waals surface area contributed by atoms with Crippen molar-refractivity contribution in [3.63, 3.8) is 0 Å². The molecule has 0 unspecified atom stereocenters. The van der Waals surface area contributed by atoms with Crippen LogP contribution in [-0.2, 0) is 4.74 Å². The highest BCUT2D eigenvalue weighted by Gasteiger charge is 2.18. The SMILES string of the molecule is [CH2]CC1=CSCN1CN1CCOCC1. The molecule has 2 rings (SSSR count). The molecule has 2 aliphatic heterocycles. The predicted molar refractivity (Wildman–Crippen MR) is 59.6 cm³/mol. The molecule has 4 heteroatoms. The van der Waals surface area contributed by atoms with Crippen molar-refractivity contribution < 1.29 is 4.74 Å². The Kier molecular flexibility index (Phi) is 3.73. The van der Waals surface area contributed by atoms with Gasteiger partial charge in [0.2, 0.25) is 0 Å². The van der Waals surface area contributed by atoms with Crippen molar-refractivity contribution in [1.82, 2.24) is 9.80 Å². The van der Waals surface area contributed by atoms with Crippen molar-refractivity contribution in [2.45, 2.75) is 6.42 Å². The van der Waals surface area contributed by atoms with Crippen LogP contribution in [-0.4, -0.2) is 48.6 Å². The fourth-order valence-electron chi connectivity index (χ4n) is 1.71. The average Bonchev–Trinajstić information content (AvgIpc) is 2.67. The summed E-state index contributed by atoms with van der Waals surface area (Å²) < 4.78 is 5.32. The Labute approximate surface area is 90.1 Å². The number of allylic oxidation sites excluding steroid dienone is 1. The molecule has 0 aliphatic carbocycles. The summed E-state index contributed by atoms with van der Waals surface area (Å²) in [6.07, 6.45) is 0.900. The molecule has 0 aromatic carbocycles. The zero-order valence-corrected chi connectivity index (χ0v) is 9.26. The summed E-state index contributed by atoms with van der Waals surface area (Å²) in [6, 6.07) is 0. The van der Waals surface area contributed by atoms with Crippen LogP contribution in [0.5, 0.6) is 0 Å². The van der Waals surface area contributed by atoms with Crippen LogP contribution in [0, 0.1) is 6.92 Å². The molecule has 3 nitrogen and oxygen atoms in total. The monoisotopic (exact) mass is 213 g/mol. The lowest BCUT2D eigenvalue weighted by Gasteiger charge is -2.32. The molecular weight excluding hydrogens is 196 g/mol. The Bertz CT molecular complexity index is 214. The molecule has 1 saturated heterocycles. The molecule has 1 radical (unpaired) electrons. The minimum atomic E-state index is 0.879. The fourth-order valence-corrected chi connectivity index (χ4v) is 2.67. The zero-order valence-electron chi connectivity index (χ0n) is 8.45. The van der Waals surface area contributed by atoms with Crippen molar-refractivity contribution >= 4 is 11.8 Å². The first kappa shape index (κ1) is 10.3. The molecule has 0 bridgehead atoms. The minimum absolute atomic E-state index is 0.879. The quantitative estimate of drug-likeness (QED) is 0.703. The van der Waals surface area contributed by atoms with Crippen molar-refractivity contribution in [2.75, 3.05) is 38.8 Å². The van der Waals surface area contributed by atoms with Gasteiger partial charge in [-0.2, -0.15) is 0 Å². The van der Waals surface area contributed by atoms with Crippen LogP contribution in [0.1, 0.15) is 6.42 Å². The maximum atomic E-state index is 5.32. The zero-order chi connectivity index (χ0) is 9.80. The van der Waals surface area contributed by atoms with Crippen LogP contribution in [0.25, 0.3) is 0 Å². The molecule has 2 aliphatic rings. The molecule has 79 valence electrons. The van der Waals surface area contributed by atoms with Gasteiger partial charge in [0.25, 0.3) is 0 Å². The van der Waals surface area contributed by atoms with Gasteiger partial charge in [-0.15, -0.1) is 11.8 Å². The molecule has 14 heavy (non-hydrogen) atoms. The van der Waals surface area contributed by atoms with Gasteiger partial charge in [-0.05, 0) is 18.8 Å². The molecule has 0 spiro atoms. The van der Waals surface area contributed by atoms with Gasteiger partial charge in [0.05, 0.1) is 25.8 Å². The van der Waals surface area contributed by atoms with Gasteiger partial charge in [0.15, 0.2) is 0 Å². The smallest absolute Gasteiger partial charge is 0.0714 e. The van der Waals surface area contributed by atoms with Crippen molar-refractivity contribution in [2.24, 2.45) is 0 Å². The number of ether oxygens (including phenoxy) is 1. The summed E-state index contributed by atoms with van der Waals surface area (Å²) in [5, 5.41) is 2.23. The Balaban J connectivity index is 1.81. The second kappa shape index (κ2) is 5.05. The van der Waals surface area contributed by atoms with Crippen LogP contribution < -0.4 is 0 Å². The summed E-state index contributed by atoms with van der Waals surface area (Å²) in [6.45, 7) is 8.86. The van der Waals surface area contributed by atoms with Crippen LogP contribution in [0.2, 0.25) is 0 Å². The standard InChI is InChI=1S/C10H17N2OS/c1-2-10-7-14-9-12(10)8-11-3-5-13-6-4-11/h7H,1-6,8-9H2. The number of rotatable bonds is 3. The first-order chi connectivity index (χ1) is 6.90. The maximum absolute atomic E-state index is 5.32. The van der Waals surface area contributed by atoms with E-state index in [1.165, 1.54) is 5.70 Å². The van der Waals surface area contributed by atoms with Gasteiger partial charge in [0.1, 0.15) is 0 Å². The van der Waals surface area contributed by atoms with Crippen molar-refractivity contribution in [3.8, 4) is 0 Å². The van der Waals surface area contributed by atoms with Gasteiger partial charge >= 0.3 is 0 Å². The highest BCUT2D eigenvalue weighted by atomic mass is 32.2. The van der Waals surface area contributed by atoms with E-state index in [2.05, 4.69) is 22.1 Å². The highest BCUT2D eigenvalue weighted by molar-refractivity contribution is 8.02. The van der Waals surface area contributed by atoms with E-state index >= 15 is 0 Å². The van der Waals surface area contributed by atoms with Crippen molar-refractivity contribution in [1.29, 1.82) is 0 Å². The lowest BCUT2D eigenvalue weighted by atomic mass is 10.3. The minimum Gasteiger partial charge on any atom is -0.379 e. The number of hydrogen-bond donors (Lipinski definition) is 0. The summed E-state index contributed by atoms with van der Waals surface area (Å²) >= 11 is 1.87. The molecule has 0 atom stereocenters. The van der Waals surface area contributed by atoms with E-state index in [0.717, 1.165) is 45.3 Å². The highest BCUT2D eigenvalue weighted by Crippen LogP contribution is 2.25. The Morgan fingerprint density at radius 1 is 1.43 bits per heavy atom. The van der Waals surface area contributed by atoms with E-state index in [9.17, 15) is 0 Å². The summed E-state index contributed by atoms with van der Waals surface area (Å²) in [7, 11) is 0. The van der Waals surface area contributed by atoms with Gasteiger partial charge in [-0.1, -0.05) is 0 Å². The average molecular weight is 213 g/mol. The van der Waals surface area contributed by atoms with E-state index in [1.54, 1.807) is 0 Å². The normalized spacial score (nSPS) is 24.1.